The molecule has 3 heteroatoms. The van der Waals surface area contributed by atoms with E-state index in [1.807, 2.05) is 6.26 Å². The number of hydrogen-bond donors (Lipinski definition) is 0. The molecule has 0 spiro atoms. The second kappa shape index (κ2) is 3.86. The molecule has 0 N–H and O–H groups in total. The van der Waals surface area contributed by atoms with E-state index in [0.717, 1.165) is 24.6 Å². The van der Waals surface area contributed by atoms with E-state index < -0.39 is 0 Å². The van der Waals surface area contributed by atoms with Crippen LogP contribution in [0.15, 0.2) is 11.8 Å². The molecule has 0 bridgehead atoms. The summed E-state index contributed by atoms with van der Waals surface area (Å²) in [6.07, 6.45) is 6.11. The number of ether oxygens (including phenoxy) is 2. The summed E-state index contributed by atoms with van der Waals surface area (Å²) >= 11 is 3.49. The van der Waals surface area contributed by atoms with Crippen molar-refractivity contribution in [2.45, 2.75) is 38.4 Å². The van der Waals surface area contributed by atoms with Crippen molar-refractivity contribution in [2.75, 3.05) is 12.4 Å². The zero-order valence-electron chi connectivity index (χ0n) is 8.75. The van der Waals surface area contributed by atoms with Crippen LogP contribution in [-0.2, 0) is 9.47 Å². The van der Waals surface area contributed by atoms with Crippen LogP contribution in [0.25, 0.3) is 0 Å². The summed E-state index contributed by atoms with van der Waals surface area (Å²) in [5.74, 6) is 0. The Kier molecular flexibility index (Phi) is 2.89. The summed E-state index contributed by atoms with van der Waals surface area (Å²) < 4.78 is 11.1. The minimum Gasteiger partial charge on any atom is -0.504 e. The Morgan fingerprint density at radius 3 is 3.14 bits per heavy atom. The van der Waals surface area contributed by atoms with E-state index in [0.29, 0.717) is 12.2 Å². The standard InChI is InChI=1S/C11H17BrO2/c1-11-5-9(6-12)14-10(11)4-3-8(11)7-13-2/h7,9-10H,3-6H2,1-2H3/b8-7+/t9?,10-,11+/m1/s1. The predicted molar refractivity (Wildman–Crippen MR) is 59.5 cm³/mol. The van der Waals surface area contributed by atoms with E-state index in [-0.39, 0.29) is 5.41 Å². The normalized spacial score (nSPS) is 44.4. The van der Waals surface area contributed by atoms with Gasteiger partial charge in [-0.15, -0.1) is 0 Å². The molecule has 2 nitrogen and oxygen atoms in total. The number of fused-ring (bicyclic) bond motifs is 1. The van der Waals surface area contributed by atoms with Gasteiger partial charge < -0.3 is 9.47 Å². The van der Waals surface area contributed by atoms with Gasteiger partial charge in [-0.05, 0) is 24.8 Å². The Morgan fingerprint density at radius 2 is 2.50 bits per heavy atom. The summed E-state index contributed by atoms with van der Waals surface area (Å²) in [5.41, 5.74) is 1.66. The highest BCUT2D eigenvalue weighted by Gasteiger charge is 2.50. The van der Waals surface area contributed by atoms with E-state index in [1.165, 1.54) is 5.57 Å². The largest absolute Gasteiger partial charge is 0.504 e. The lowest BCUT2D eigenvalue weighted by atomic mass is 9.81. The second-order valence-corrected chi connectivity index (χ2v) is 5.09. The summed E-state index contributed by atoms with van der Waals surface area (Å²) in [7, 11) is 1.72. The maximum absolute atomic E-state index is 5.97. The molecule has 1 aliphatic carbocycles. The van der Waals surface area contributed by atoms with Gasteiger partial charge in [-0.1, -0.05) is 22.9 Å². The zero-order chi connectivity index (χ0) is 10.2. The topological polar surface area (TPSA) is 18.5 Å². The van der Waals surface area contributed by atoms with Crippen molar-refractivity contribution in [1.29, 1.82) is 0 Å². The minimum atomic E-state index is 0.231. The Bertz CT molecular complexity index is 252. The molecule has 1 saturated heterocycles. The van der Waals surface area contributed by atoms with Gasteiger partial charge in [0, 0.05) is 10.7 Å². The number of methoxy groups -OCH3 is 1. The van der Waals surface area contributed by atoms with Crippen molar-refractivity contribution < 1.29 is 9.47 Å². The molecule has 14 heavy (non-hydrogen) atoms. The Hall–Kier alpha value is -0.0200. The van der Waals surface area contributed by atoms with Gasteiger partial charge in [-0.2, -0.15) is 0 Å². The van der Waals surface area contributed by atoms with Crippen molar-refractivity contribution in [2.24, 2.45) is 5.41 Å². The number of hydrogen-bond acceptors (Lipinski definition) is 2. The molecule has 2 aliphatic rings. The molecule has 0 aromatic carbocycles. The van der Waals surface area contributed by atoms with Crippen molar-refractivity contribution in [3.63, 3.8) is 0 Å². The van der Waals surface area contributed by atoms with Crippen molar-refractivity contribution in [1.82, 2.24) is 0 Å². The number of alkyl halides is 1. The van der Waals surface area contributed by atoms with Crippen LogP contribution in [0.1, 0.15) is 26.2 Å². The quantitative estimate of drug-likeness (QED) is 0.562. The van der Waals surface area contributed by atoms with Gasteiger partial charge in [0.15, 0.2) is 0 Å². The molecule has 80 valence electrons. The highest BCUT2D eigenvalue weighted by atomic mass is 79.9. The summed E-state index contributed by atoms with van der Waals surface area (Å²) in [4.78, 5) is 0. The van der Waals surface area contributed by atoms with Crippen LogP contribution in [0.4, 0.5) is 0 Å². The number of rotatable bonds is 2. The fraction of sp³-hybridized carbons (Fsp3) is 0.818. The smallest absolute Gasteiger partial charge is 0.0823 e. The maximum Gasteiger partial charge on any atom is 0.0823 e. The first-order chi connectivity index (χ1) is 6.70. The Balaban J connectivity index is 2.18. The van der Waals surface area contributed by atoms with Crippen LogP contribution >= 0.6 is 15.9 Å². The molecule has 1 unspecified atom stereocenters. The second-order valence-electron chi connectivity index (χ2n) is 4.44. The van der Waals surface area contributed by atoms with Crippen LogP contribution in [-0.4, -0.2) is 24.6 Å². The van der Waals surface area contributed by atoms with Gasteiger partial charge in [0.2, 0.25) is 0 Å². The molecule has 3 atom stereocenters. The molecular formula is C11H17BrO2. The van der Waals surface area contributed by atoms with E-state index in [9.17, 15) is 0 Å². The first-order valence-corrected chi connectivity index (χ1v) is 6.26. The van der Waals surface area contributed by atoms with Crippen molar-refractivity contribution in [3.05, 3.63) is 11.8 Å². The Labute approximate surface area is 93.8 Å². The molecule has 0 aromatic rings. The monoisotopic (exact) mass is 260 g/mol. The first kappa shape index (κ1) is 10.5. The van der Waals surface area contributed by atoms with Gasteiger partial charge >= 0.3 is 0 Å². The van der Waals surface area contributed by atoms with Crippen LogP contribution in [0.3, 0.4) is 0 Å². The van der Waals surface area contributed by atoms with Gasteiger partial charge in [-0.25, -0.2) is 0 Å². The average Bonchev–Trinajstić information content (AvgIpc) is 2.63. The SMILES string of the molecule is CO/C=C1\CC[C@H]2OC(CBr)C[C@@]12C. The number of halogens is 1. The lowest BCUT2D eigenvalue weighted by Crippen LogP contribution is -2.22. The summed E-state index contributed by atoms with van der Waals surface area (Å²) in [5, 5.41) is 0.944. The van der Waals surface area contributed by atoms with Crippen LogP contribution in [0.5, 0.6) is 0 Å². The molecule has 1 heterocycles. The third-order valence-corrected chi connectivity index (χ3v) is 4.28. The lowest BCUT2D eigenvalue weighted by molar-refractivity contribution is 0.0422. The van der Waals surface area contributed by atoms with E-state index in [2.05, 4.69) is 22.9 Å². The molecule has 0 amide bonds. The van der Waals surface area contributed by atoms with Crippen molar-refractivity contribution in [3.8, 4) is 0 Å². The zero-order valence-corrected chi connectivity index (χ0v) is 10.3. The summed E-state index contributed by atoms with van der Waals surface area (Å²) in [6, 6.07) is 0. The van der Waals surface area contributed by atoms with Crippen molar-refractivity contribution >= 4 is 15.9 Å². The van der Waals surface area contributed by atoms with Gasteiger partial charge in [-0.3, -0.25) is 0 Å². The molecule has 1 aliphatic heterocycles. The molecule has 1 saturated carbocycles. The Morgan fingerprint density at radius 1 is 1.71 bits per heavy atom. The molecule has 0 aromatic heterocycles. The van der Waals surface area contributed by atoms with E-state index >= 15 is 0 Å². The van der Waals surface area contributed by atoms with Crippen LogP contribution < -0.4 is 0 Å². The van der Waals surface area contributed by atoms with E-state index in [4.69, 9.17) is 9.47 Å². The van der Waals surface area contributed by atoms with Crippen LogP contribution in [0.2, 0.25) is 0 Å². The van der Waals surface area contributed by atoms with Crippen LogP contribution in [0, 0.1) is 5.41 Å². The first-order valence-electron chi connectivity index (χ1n) is 5.14. The third-order valence-electron chi connectivity index (χ3n) is 3.56. The molecular weight excluding hydrogens is 244 g/mol. The lowest BCUT2D eigenvalue weighted by Gasteiger charge is -2.23. The fourth-order valence-electron chi connectivity index (χ4n) is 2.76. The summed E-state index contributed by atoms with van der Waals surface area (Å²) in [6.45, 7) is 2.30. The third kappa shape index (κ3) is 1.50. The highest BCUT2D eigenvalue weighted by molar-refractivity contribution is 9.09. The fourth-order valence-corrected chi connectivity index (χ4v) is 3.14. The minimum absolute atomic E-state index is 0.231. The highest BCUT2D eigenvalue weighted by Crippen LogP contribution is 2.52. The molecule has 2 fully saturated rings. The van der Waals surface area contributed by atoms with Gasteiger partial charge in [0.1, 0.15) is 0 Å². The maximum atomic E-state index is 5.97. The molecule has 2 rings (SSSR count). The molecule has 0 radical (unpaired) electrons. The average molecular weight is 261 g/mol. The predicted octanol–water partition coefficient (Wildman–Crippen LogP) is 2.87. The van der Waals surface area contributed by atoms with E-state index in [1.54, 1.807) is 7.11 Å². The van der Waals surface area contributed by atoms with Gasteiger partial charge in [0.05, 0.1) is 25.6 Å². The van der Waals surface area contributed by atoms with Gasteiger partial charge in [0.25, 0.3) is 0 Å².